The Bertz CT molecular complexity index is 942. The third-order valence-corrected chi connectivity index (χ3v) is 7.00. The van der Waals surface area contributed by atoms with Gasteiger partial charge >= 0.3 is 0 Å². The van der Waals surface area contributed by atoms with Crippen molar-refractivity contribution in [1.29, 1.82) is 0 Å². The Morgan fingerprint density at radius 3 is 1.70 bits per heavy atom. The van der Waals surface area contributed by atoms with Crippen molar-refractivity contribution in [3.63, 3.8) is 0 Å². The molecule has 1 heterocycles. The van der Waals surface area contributed by atoms with Gasteiger partial charge in [-0.1, -0.05) is 36.4 Å². The number of hydrogen-bond donors (Lipinski definition) is 0. The van der Waals surface area contributed by atoms with Crippen LogP contribution in [0.1, 0.15) is 11.1 Å². The van der Waals surface area contributed by atoms with Crippen LogP contribution in [0.25, 0.3) is 12.2 Å². The van der Waals surface area contributed by atoms with Gasteiger partial charge in [-0.3, -0.25) is 9.59 Å². The number of carbonyl (C=O) groups is 2. The number of ether oxygens (including phenoxy) is 2. The smallest absolute Gasteiger partial charge is 0.191 e. The van der Waals surface area contributed by atoms with Crippen molar-refractivity contribution in [3.8, 4) is 11.5 Å². The van der Waals surface area contributed by atoms with Crippen molar-refractivity contribution in [2.24, 2.45) is 0 Å². The number of hydrogen-bond acceptors (Lipinski definition) is 6. The second-order valence-electron chi connectivity index (χ2n) is 6.31. The van der Waals surface area contributed by atoms with E-state index in [-0.39, 0.29) is 17.1 Å². The molecule has 6 heteroatoms. The Kier molecular flexibility index (Phi) is 7.99. The first kappa shape index (κ1) is 22.0. The molecule has 154 valence electrons. The van der Waals surface area contributed by atoms with Gasteiger partial charge in [0, 0.05) is 11.5 Å². The molecule has 2 aromatic carbocycles. The monoisotopic (exact) mass is 438 g/mol. The fourth-order valence-corrected chi connectivity index (χ4v) is 5.34. The van der Waals surface area contributed by atoms with Crippen molar-refractivity contribution in [2.75, 3.05) is 25.7 Å². The van der Waals surface area contributed by atoms with E-state index in [1.165, 1.54) is 12.2 Å². The SMILES string of the molecule is COc1cccc(/C=C/C(=O)C(C(=O)/C=C/c2cccc(OC)c2)=C2SCCS2)c1. The molecule has 0 unspecified atom stereocenters. The number of ketones is 2. The zero-order valence-corrected chi connectivity index (χ0v) is 18.4. The van der Waals surface area contributed by atoms with Crippen LogP contribution in [0.4, 0.5) is 0 Å². The Labute approximate surface area is 185 Å². The molecule has 30 heavy (non-hydrogen) atoms. The zero-order chi connectivity index (χ0) is 21.3. The van der Waals surface area contributed by atoms with Gasteiger partial charge in [0.2, 0.25) is 0 Å². The third kappa shape index (κ3) is 5.90. The van der Waals surface area contributed by atoms with Crippen molar-refractivity contribution in [3.05, 3.63) is 81.6 Å². The lowest BCUT2D eigenvalue weighted by Crippen LogP contribution is -2.10. The summed E-state index contributed by atoms with van der Waals surface area (Å²) in [5.41, 5.74) is 1.89. The minimum atomic E-state index is -0.296. The number of allylic oxidation sites excluding steroid dienone is 3. The third-order valence-electron chi connectivity index (χ3n) is 4.29. The standard InChI is InChI=1S/C24H22O4S2/c1-27-19-7-3-5-17(15-19)9-11-21(25)23(24-29-13-14-30-24)22(26)12-10-18-6-4-8-20(16-18)28-2/h3-12,15-16H,13-14H2,1-2H3/b11-9+,12-10+. The van der Waals surface area contributed by atoms with Gasteiger partial charge in [0.15, 0.2) is 11.6 Å². The van der Waals surface area contributed by atoms with Crippen LogP contribution < -0.4 is 9.47 Å². The van der Waals surface area contributed by atoms with Gasteiger partial charge in [-0.2, -0.15) is 0 Å². The van der Waals surface area contributed by atoms with E-state index in [1.807, 2.05) is 48.5 Å². The molecular weight excluding hydrogens is 416 g/mol. The molecule has 4 nitrogen and oxygen atoms in total. The molecule has 0 amide bonds. The molecule has 0 spiro atoms. The highest BCUT2D eigenvalue weighted by molar-refractivity contribution is 8.25. The maximum atomic E-state index is 12.9. The number of carbonyl (C=O) groups excluding carboxylic acids is 2. The highest BCUT2D eigenvalue weighted by Crippen LogP contribution is 2.39. The Morgan fingerprint density at radius 1 is 0.800 bits per heavy atom. The summed E-state index contributed by atoms with van der Waals surface area (Å²) >= 11 is 3.11. The highest BCUT2D eigenvalue weighted by Gasteiger charge is 2.23. The molecular formula is C24H22O4S2. The number of thioether (sulfide) groups is 2. The lowest BCUT2D eigenvalue weighted by Gasteiger charge is -2.05. The Balaban J connectivity index is 1.83. The number of methoxy groups -OCH3 is 2. The molecule has 0 aliphatic carbocycles. The molecule has 0 radical (unpaired) electrons. The van der Waals surface area contributed by atoms with Crippen LogP contribution in [0.5, 0.6) is 11.5 Å². The van der Waals surface area contributed by atoms with Gasteiger partial charge in [0.25, 0.3) is 0 Å². The van der Waals surface area contributed by atoms with Gasteiger partial charge in [-0.15, -0.1) is 23.5 Å². The van der Waals surface area contributed by atoms with Crippen LogP contribution in [0.15, 0.2) is 70.5 Å². The normalized spacial score (nSPS) is 13.7. The summed E-state index contributed by atoms with van der Waals surface area (Å²) < 4.78 is 11.2. The summed E-state index contributed by atoms with van der Waals surface area (Å²) in [6.45, 7) is 0. The molecule has 0 aromatic heterocycles. The first-order valence-corrected chi connectivity index (χ1v) is 11.3. The average molecular weight is 439 g/mol. The van der Waals surface area contributed by atoms with Crippen LogP contribution in [-0.4, -0.2) is 37.3 Å². The molecule has 1 aliphatic rings. The second-order valence-corrected chi connectivity index (χ2v) is 8.78. The van der Waals surface area contributed by atoms with Crippen LogP contribution in [0.2, 0.25) is 0 Å². The first-order valence-electron chi connectivity index (χ1n) is 9.33. The number of rotatable bonds is 8. The van der Waals surface area contributed by atoms with Crippen molar-refractivity contribution in [2.45, 2.75) is 0 Å². The van der Waals surface area contributed by atoms with Crippen molar-refractivity contribution < 1.29 is 19.1 Å². The summed E-state index contributed by atoms with van der Waals surface area (Å²) in [6, 6.07) is 14.8. The van der Waals surface area contributed by atoms with Gasteiger partial charge in [-0.05, 0) is 47.5 Å². The van der Waals surface area contributed by atoms with E-state index >= 15 is 0 Å². The Hall–Kier alpha value is -2.70. The van der Waals surface area contributed by atoms with E-state index in [2.05, 4.69) is 0 Å². The molecule has 1 fully saturated rings. The summed E-state index contributed by atoms with van der Waals surface area (Å²) in [4.78, 5) is 25.9. The first-order chi connectivity index (χ1) is 14.6. The largest absolute Gasteiger partial charge is 0.497 e. The summed E-state index contributed by atoms with van der Waals surface area (Å²) in [5, 5.41) is 0. The molecule has 1 saturated heterocycles. The predicted octanol–water partition coefficient (Wildman–Crippen LogP) is 5.26. The van der Waals surface area contributed by atoms with E-state index in [4.69, 9.17) is 9.47 Å². The average Bonchev–Trinajstić information content (AvgIpc) is 3.31. The highest BCUT2D eigenvalue weighted by atomic mass is 32.2. The van der Waals surface area contributed by atoms with Crippen LogP contribution in [-0.2, 0) is 9.59 Å². The van der Waals surface area contributed by atoms with Gasteiger partial charge in [0.05, 0.1) is 24.0 Å². The topological polar surface area (TPSA) is 52.6 Å². The molecule has 0 atom stereocenters. The van der Waals surface area contributed by atoms with Crippen molar-refractivity contribution in [1.82, 2.24) is 0 Å². The summed E-state index contributed by atoms with van der Waals surface area (Å²) in [6.07, 6.45) is 6.31. The van der Waals surface area contributed by atoms with Crippen LogP contribution in [0, 0.1) is 0 Å². The summed E-state index contributed by atoms with van der Waals surface area (Å²) in [5.74, 6) is 2.61. The second kappa shape index (κ2) is 10.9. The Morgan fingerprint density at radius 2 is 1.27 bits per heavy atom. The van der Waals surface area contributed by atoms with Gasteiger partial charge in [-0.25, -0.2) is 0 Å². The van der Waals surface area contributed by atoms with Crippen LogP contribution >= 0.6 is 23.5 Å². The van der Waals surface area contributed by atoms with E-state index < -0.39 is 0 Å². The molecule has 0 bridgehead atoms. The molecule has 1 aliphatic heterocycles. The lowest BCUT2D eigenvalue weighted by atomic mass is 10.1. The molecule has 0 N–H and O–H groups in total. The molecule has 0 saturated carbocycles. The molecule has 3 rings (SSSR count). The lowest BCUT2D eigenvalue weighted by molar-refractivity contribution is -0.116. The predicted molar refractivity (Wildman–Crippen MR) is 126 cm³/mol. The number of benzene rings is 2. The zero-order valence-electron chi connectivity index (χ0n) is 16.8. The van der Waals surface area contributed by atoms with E-state index in [1.54, 1.807) is 49.9 Å². The van der Waals surface area contributed by atoms with Crippen LogP contribution in [0.3, 0.4) is 0 Å². The van der Waals surface area contributed by atoms with E-state index in [9.17, 15) is 9.59 Å². The van der Waals surface area contributed by atoms with Gasteiger partial charge in [0.1, 0.15) is 11.5 Å². The quantitative estimate of drug-likeness (QED) is 0.318. The fourth-order valence-electron chi connectivity index (χ4n) is 2.78. The van der Waals surface area contributed by atoms with Gasteiger partial charge < -0.3 is 9.47 Å². The maximum absolute atomic E-state index is 12.9. The molecule has 2 aromatic rings. The van der Waals surface area contributed by atoms with E-state index in [0.717, 1.165) is 26.9 Å². The minimum Gasteiger partial charge on any atom is -0.497 e. The van der Waals surface area contributed by atoms with Crippen molar-refractivity contribution >= 4 is 47.2 Å². The van der Waals surface area contributed by atoms with E-state index in [0.29, 0.717) is 11.5 Å². The minimum absolute atomic E-state index is 0.223. The maximum Gasteiger partial charge on any atom is 0.191 e. The summed E-state index contributed by atoms with van der Waals surface area (Å²) in [7, 11) is 3.19. The fraction of sp³-hybridized carbons (Fsp3) is 0.167.